The van der Waals surface area contributed by atoms with Gasteiger partial charge in [-0.25, -0.2) is 4.79 Å². The molecule has 0 radical (unpaired) electrons. The van der Waals surface area contributed by atoms with Gasteiger partial charge in [0.05, 0.1) is 30.5 Å². The van der Waals surface area contributed by atoms with Gasteiger partial charge in [-0.05, 0) is 17.2 Å². The van der Waals surface area contributed by atoms with Crippen LogP contribution >= 0.6 is 46.4 Å². The number of methoxy groups -OCH3 is 2. The van der Waals surface area contributed by atoms with Crippen LogP contribution in [-0.2, 0) is 20.9 Å². The number of ether oxygens (including phenoxy) is 4. The van der Waals surface area contributed by atoms with Gasteiger partial charge in [0, 0.05) is 12.1 Å². The number of halogens is 4. The number of carbonyl (C=O) groups is 1. The highest BCUT2D eigenvalue weighted by Crippen LogP contribution is 2.37. The van der Waals surface area contributed by atoms with Crippen molar-refractivity contribution >= 4 is 57.9 Å². The molecule has 0 N–H and O–H groups in total. The molecule has 0 unspecified atom stereocenters. The van der Waals surface area contributed by atoms with Crippen LogP contribution in [0.4, 0.5) is 0 Å². The van der Waals surface area contributed by atoms with E-state index in [0.717, 1.165) is 5.56 Å². The Morgan fingerprint density at radius 3 is 2.30 bits per heavy atom. The molecular weight excluding hydrogens is 474 g/mol. The normalized spacial score (nSPS) is 10.9. The summed E-state index contributed by atoms with van der Waals surface area (Å²) in [6.45, 7) is 0.253. The van der Waals surface area contributed by atoms with E-state index in [9.17, 15) is 4.79 Å². The maximum Gasteiger partial charge on any atom is 0.341 e. The fourth-order valence-corrected chi connectivity index (χ4v) is 3.17. The second-order valence-electron chi connectivity index (χ2n) is 5.73. The van der Waals surface area contributed by atoms with Gasteiger partial charge in [-0.2, -0.15) is 0 Å². The summed E-state index contributed by atoms with van der Waals surface area (Å²) in [6, 6.07) is 10.4. The standard InChI is InChI=1S/C21H18Cl4O5/c1-27-12-16(21(26)28-2)15-6-4-3-5-13(15)11-30-14-9-17(22)20(18(23)10-14)29-8-7-19(24)25/h3-7,9-10,12H,8,11H2,1-2H3. The monoisotopic (exact) mass is 490 g/mol. The molecule has 0 amide bonds. The van der Waals surface area contributed by atoms with E-state index in [1.54, 1.807) is 24.3 Å². The van der Waals surface area contributed by atoms with Gasteiger partial charge in [-0.15, -0.1) is 0 Å². The van der Waals surface area contributed by atoms with Gasteiger partial charge < -0.3 is 18.9 Å². The molecule has 0 atom stereocenters. The third-order valence-electron chi connectivity index (χ3n) is 3.78. The molecule has 0 saturated heterocycles. The van der Waals surface area contributed by atoms with Crippen molar-refractivity contribution in [3.8, 4) is 11.5 Å². The Kier molecular flexibility index (Phi) is 9.66. The van der Waals surface area contributed by atoms with Crippen molar-refractivity contribution in [2.24, 2.45) is 0 Å². The van der Waals surface area contributed by atoms with Gasteiger partial charge >= 0.3 is 5.97 Å². The Labute approximate surface area is 194 Å². The zero-order valence-corrected chi connectivity index (χ0v) is 19.1. The number of esters is 1. The van der Waals surface area contributed by atoms with Crippen LogP contribution in [0.3, 0.4) is 0 Å². The summed E-state index contributed by atoms with van der Waals surface area (Å²) in [5.41, 5.74) is 1.62. The van der Waals surface area contributed by atoms with E-state index >= 15 is 0 Å². The summed E-state index contributed by atoms with van der Waals surface area (Å²) in [4.78, 5) is 12.1. The highest BCUT2D eigenvalue weighted by atomic mass is 35.5. The molecular formula is C21H18Cl4O5. The van der Waals surface area contributed by atoms with Crippen molar-refractivity contribution in [2.75, 3.05) is 20.8 Å². The minimum absolute atomic E-state index is 0.0784. The topological polar surface area (TPSA) is 54.0 Å². The minimum atomic E-state index is -0.525. The molecule has 9 heteroatoms. The maximum absolute atomic E-state index is 12.1. The molecule has 2 aromatic carbocycles. The lowest BCUT2D eigenvalue weighted by molar-refractivity contribution is -0.133. The molecule has 0 saturated carbocycles. The van der Waals surface area contributed by atoms with Crippen LogP contribution in [0.15, 0.2) is 53.2 Å². The van der Waals surface area contributed by atoms with Gasteiger partial charge in [-0.3, -0.25) is 0 Å². The van der Waals surface area contributed by atoms with Gasteiger partial charge in [0.15, 0.2) is 5.75 Å². The number of benzene rings is 2. The second-order valence-corrected chi connectivity index (χ2v) is 7.55. The average molecular weight is 492 g/mol. The lowest BCUT2D eigenvalue weighted by Crippen LogP contribution is -2.08. The summed E-state index contributed by atoms with van der Waals surface area (Å²) in [6.07, 6.45) is 2.79. The van der Waals surface area contributed by atoms with Crippen molar-refractivity contribution in [1.82, 2.24) is 0 Å². The maximum atomic E-state index is 12.1. The van der Waals surface area contributed by atoms with E-state index in [4.69, 9.17) is 65.4 Å². The predicted molar refractivity (Wildman–Crippen MR) is 120 cm³/mol. The highest BCUT2D eigenvalue weighted by molar-refractivity contribution is 6.55. The van der Waals surface area contributed by atoms with Gasteiger partial charge in [-0.1, -0.05) is 70.7 Å². The summed E-state index contributed by atoms with van der Waals surface area (Å²) in [5, 5.41) is 0.527. The highest BCUT2D eigenvalue weighted by Gasteiger charge is 2.17. The van der Waals surface area contributed by atoms with E-state index in [0.29, 0.717) is 11.3 Å². The lowest BCUT2D eigenvalue weighted by atomic mass is 10.0. The van der Waals surface area contributed by atoms with Crippen molar-refractivity contribution in [2.45, 2.75) is 6.61 Å². The summed E-state index contributed by atoms with van der Waals surface area (Å²) in [5.74, 6) is 0.185. The molecule has 0 aromatic heterocycles. The van der Waals surface area contributed by atoms with Crippen LogP contribution < -0.4 is 9.47 Å². The number of rotatable bonds is 9. The SMILES string of the molecule is COC=C(C(=O)OC)c1ccccc1COc1cc(Cl)c(OCC=C(Cl)Cl)c(Cl)c1. The van der Waals surface area contributed by atoms with Gasteiger partial charge in [0.2, 0.25) is 0 Å². The Balaban J connectivity index is 2.21. The molecule has 0 fully saturated rings. The van der Waals surface area contributed by atoms with Crippen LogP contribution in [0.1, 0.15) is 11.1 Å². The third-order valence-corrected chi connectivity index (χ3v) is 4.65. The molecule has 0 aliphatic rings. The Bertz CT molecular complexity index is 929. The fraction of sp³-hybridized carbons (Fsp3) is 0.190. The number of carbonyl (C=O) groups excluding carboxylic acids is 1. The minimum Gasteiger partial charge on any atom is -0.503 e. The first-order valence-electron chi connectivity index (χ1n) is 8.52. The smallest absolute Gasteiger partial charge is 0.341 e. The lowest BCUT2D eigenvalue weighted by Gasteiger charge is -2.14. The zero-order valence-electron chi connectivity index (χ0n) is 16.1. The largest absolute Gasteiger partial charge is 0.503 e. The van der Waals surface area contributed by atoms with E-state index in [-0.39, 0.29) is 39.1 Å². The Morgan fingerprint density at radius 1 is 1.03 bits per heavy atom. The quantitative estimate of drug-likeness (QED) is 0.230. The van der Waals surface area contributed by atoms with Crippen LogP contribution in [0, 0.1) is 0 Å². The molecule has 2 rings (SSSR count). The Hall–Kier alpha value is -2.05. The van der Waals surface area contributed by atoms with Crippen molar-refractivity contribution in [3.63, 3.8) is 0 Å². The van der Waals surface area contributed by atoms with E-state index < -0.39 is 5.97 Å². The summed E-state index contributed by atoms with van der Waals surface area (Å²) >= 11 is 23.6. The van der Waals surface area contributed by atoms with Gasteiger partial charge in [0.1, 0.15) is 29.0 Å². The van der Waals surface area contributed by atoms with Crippen molar-refractivity contribution < 1.29 is 23.7 Å². The average Bonchev–Trinajstić information content (AvgIpc) is 2.72. The molecule has 0 bridgehead atoms. The van der Waals surface area contributed by atoms with E-state index in [2.05, 4.69) is 0 Å². The summed E-state index contributed by atoms with van der Waals surface area (Å²) in [7, 11) is 2.75. The Morgan fingerprint density at radius 2 is 1.70 bits per heavy atom. The second kappa shape index (κ2) is 12.0. The van der Waals surface area contributed by atoms with Crippen LogP contribution in [0.5, 0.6) is 11.5 Å². The van der Waals surface area contributed by atoms with Crippen LogP contribution in [0.25, 0.3) is 5.57 Å². The molecule has 0 heterocycles. The van der Waals surface area contributed by atoms with Crippen molar-refractivity contribution in [1.29, 1.82) is 0 Å². The number of hydrogen-bond acceptors (Lipinski definition) is 5. The van der Waals surface area contributed by atoms with Gasteiger partial charge in [0.25, 0.3) is 0 Å². The van der Waals surface area contributed by atoms with Crippen molar-refractivity contribution in [3.05, 3.63) is 74.4 Å². The predicted octanol–water partition coefficient (Wildman–Crippen LogP) is 6.43. The molecule has 2 aromatic rings. The molecule has 160 valence electrons. The molecule has 0 spiro atoms. The zero-order chi connectivity index (χ0) is 22.1. The first-order chi connectivity index (χ1) is 14.4. The van der Waals surface area contributed by atoms with E-state index in [1.807, 2.05) is 12.1 Å². The third kappa shape index (κ3) is 6.74. The first-order valence-corrected chi connectivity index (χ1v) is 10.0. The number of hydrogen-bond donors (Lipinski definition) is 0. The molecule has 30 heavy (non-hydrogen) atoms. The summed E-state index contributed by atoms with van der Waals surface area (Å²) < 4.78 is 21.2. The van der Waals surface area contributed by atoms with Crippen LogP contribution in [0.2, 0.25) is 10.0 Å². The fourth-order valence-electron chi connectivity index (χ4n) is 2.47. The molecule has 5 nitrogen and oxygen atoms in total. The molecule has 0 aliphatic heterocycles. The van der Waals surface area contributed by atoms with Crippen LogP contribution in [-0.4, -0.2) is 26.8 Å². The van der Waals surface area contributed by atoms with E-state index in [1.165, 1.54) is 26.6 Å². The first kappa shape index (κ1) is 24.2. The molecule has 0 aliphatic carbocycles.